The molecule has 0 saturated carbocycles. The van der Waals surface area contributed by atoms with E-state index in [2.05, 4.69) is 63.9 Å². The van der Waals surface area contributed by atoms with E-state index in [1.807, 2.05) is 36.4 Å². The number of hydrogen-bond donors (Lipinski definition) is 1. The minimum atomic E-state index is -0.204. The number of para-hydroxylation sites is 1. The summed E-state index contributed by atoms with van der Waals surface area (Å²) in [5.74, 6) is 0.299. The second kappa shape index (κ2) is 7.38. The van der Waals surface area contributed by atoms with Crippen molar-refractivity contribution in [3.63, 3.8) is 0 Å². The average Bonchev–Trinajstić information content (AvgIpc) is 3.09. The van der Waals surface area contributed by atoms with Gasteiger partial charge in [-0.2, -0.15) is 0 Å². The number of aromatic hydroxyl groups is 1. The van der Waals surface area contributed by atoms with Crippen LogP contribution in [0.3, 0.4) is 0 Å². The molecule has 4 nitrogen and oxygen atoms in total. The Morgan fingerprint density at radius 1 is 0.774 bits per heavy atom. The predicted octanol–water partition coefficient (Wildman–Crippen LogP) is 7.04. The molecule has 0 fully saturated rings. The molecular formula is C26H28ClN3O. The zero-order chi connectivity index (χ0) is 22.6. The quantitative estimate of drug-likeness (QED) is 0.368. The highest BCUT2D eigenvalue weighted by atomic mass is 35.5. The van der Waals surface area contributed by atoms with E-state index in [9.17, 15) is 5.11 Å². The number of phenolic OH excluding ortho intramolecular Hbond substituents is 1. The highest BCUT2D eigenvalue weighted by molar-refractivity contribution is 6.31. The first-order chi connectivity index (χ1) is 14.4. The smallest absolute Gasteiger partial charge is 0.127 e. The fourth-order valence-corrected chi connectivity index (χ4v) is 3.88. The molecule has 1 N–H and O–H groups in total. The third-order valence-electron chi connectivity index (χ3n) is 5.54. The standard InChI is InChI=1S/C26H28ClN3O/c1-25(2,3)16-13-19(24(31)20(14-16)26(4,5)6)18-9-7-8-10-23(18)30-28-21-12-11-17(27)15-22(21)29-30/h7-15,31H,1-6H3. The lowest BCUT2D eigenvalue weighted by Crippen LogP contribution is -2.17. The normalized spacial score (nSPS) is 12.5. The Kier molecular flexibility index (Phi) is 5.09. The predicted molar refractivity (Wildman–Crippen MR) is 128 cm³/mol. The molecule has 4 aromatic rings. The summed E-state index contributed by atoms with van der Waals surface area (Å²) in [6.07, 6.45) is 0. The van der Waals surface area contributed by atoms with Crippen LogP contribution in [0.25, 0.3) is 27.8 Å². The minimum Gasteiger partial charge on any atom is -0.507 e. The van der Waals surface area contributed by atoms with E-state index in [0.29, 0.717) is 10.8 Å². The molecule has 4 rings (SSSR count). The van der Waals surface area contributed by atoms with Gasteiger partial charge in [-0.25, -0.2) is 0 Å². The van der Waals surface area contributed by atoms with Crippen LogP contribution < -0.4 is 0 Å². The third-order valence-corrected chi connectivity index (χ3v) is 5.77. The summed E-state index contributed by atoms with van der Waals surface area (Å²) in [6.45, 7) is 12.9. The van der Waals surface area contributed by atoms with Crippen molar-refractivity contribution in [3.8, 4) is 22.6 Å². The van der Waals surface area contributed by atoms with Crippen molar-refractivity contribution in [2.24, 2.45) is 0 Å². The fraction of sp³-hybridized carbons (Fsp3) is 0.308. The monoisotopic (exact) mass is 433 g/mol. The van der Waals surface area contributed by atoms with Gasteiger partial charge in [0.1, 0.15) is 16.8 Å². The summed E-state index contributed by atoms with van der Waals surface area (Å²) in [5, 5.41) is 21.3. The molecule has 0 spiro atoms. The number of benzene rings is 3. The average molecular weight is 434 g/mol. The Morgan fingerprint density at radius 3 is 2.13 bits per heavy atom. The van der Waals surface area contributed by atoms with E-state index in [1.165, 1.54) is 5.56 Å². The van der Waals surface area contributed by atoms with Gasteiger partial charge in [0.2, 0.25) is 0 Å². The molecular weight excluding hydrogens is 406 g/mol. The molecule has 31 heavy (non-hydrogen) atoms. The van der Waals surface area contributed by atoms with Crippen LogP contribution in [-0.4, -0.2) is 20.1 Å². The van der Waals surface area contributed by atoms with E-state index in [0.717, 1.165) is 33.4 Å². The SMILES string of the molecule is CC(C)(C)c1cc(-c2ccccc2-n2nc3ccc(Cl)cc3n2)c(O)c(C(C)(C)C)c1. The first kappa shape index (κ1) is 21.4. The minimum absolute atomic E-state index is 0.0627. The van der Waals surface area contributed by atoms with Crippen molar-refractivity contribution in [3.05, 3.63) is 70.7 Å². The van der Waals surface area contributed by atoms with Gasteiger partial charge in [-0.05, 0) is 46.7 Å². The van der Waals surface area contributed by atoms with E-state index in [4.69, 9.17) is 11.6 Å². The molecule has 0 aliphatic carbocycles. The van der Waals surface area contributed by atoms with E-state index in [-0.39, 0.29) is 10.8 Å². The van der Waals surface area contributed by atoms with Crippen LogP contribution in [0.5, 0.6) is 5.75 Å². The van der Waals surface area contributed by atoms with Crippen LogP contribution in [0.1, 0.15) is 52.7 Å². The van der Waals surface area contributed by atoms with Gasteiger partial charge >= 0.3 is 0 Å². The lowest BCUT2D eigenvalue weighted by Gasteiger charge is -2.28. The van der Waals surface area contributed by atoms with Crippen molar-refractivity contribution in [1.29, 1.82) is 0 Å². The van der Waals surface area contributed by atoms with Crippen LogP contribution in [0.4, 0.5) is 0 Å². The van der Waals surface area contributed by atoms with Crippen molar-refractivity contribution in [2.45, 2.75) is 52.4 Å². The third kappa shape index (κ3) is 4.05. The van der Waals surface area contributed by atoms with Gasteiger partial charge in [-0.1, -0.05) is 77.4 Å². The van der Waals surface area contributed by atoms with Crippen molar-refractivity contribution < 1.29 is 5.11 Å². The van der Waals surface area contributed by atoms with Gasteiger partial charge in [0, 0.05) is 21.7 Å². The molecule has 160 valence electrons. The van der Waals surface area contributed by atoms with Crippen LogP contribution in [-0.2, 0) is 10.8 Å². The number of nitrogens with zero attached hydrogens (tertiary/aromatic N) is 3. The lowest BCUT2D eigenvalue weighted by molar-refractivity contribution is 0.446. The summed E-state index contributed by atoms with van der Waals surface area (Å²) in [5.41, 5.74) is 5.79. The maximum atomic E-state index is 11.3. The summed E-state index contributed by atoms with van der Waals surface area (Å²) in [6, 6.07) is 17.6. The topological polar surface area (TPSA) is 50.9 Å². The molecule has 0 amide bonds. The molecule has 0 bridgehead atoms. The van der Waals surface area contributed by atoms with Gasteiger partial charge in [-0.15, -0.1) is 15.0 Å². The fourth-order valence-electron chi connectivity index (χ4n) is 3.72. The Labute approximate surface area is 188 Å². The first-order valence-corrected chi connectivity index (χ1v) is 10.8. The summed E-state index contributed by atoms with van der Waals surface area (Å²) in [7, 11) is 0. The molecule has 0 aliphatic heterocycles. The largest absolute Gasteiger partial charge is 0.507 e. The summed E-state index contributed by atoms with van der Waals surface area (Å²) in [4.78, 5) is 1.62. The first-order valence-electron chi connectivity index (χ1n) is 10.5. The molecule has 0 saturated heterocycles. The van der Waals surface area contributed by atoms with E-state index in [1.54, 1.807) is 10.9 Å². The van der Waals surface area contributed by atoms with Crippen LogP contribution in [0.15, 0.2) is 54.6 Å². The number of aromatic nitrogens is 3. The van der Waals surface area contributed by atoms with Gasteiger partial charge in [0.15, 0.2) is 0 Å². The van der Waals surface area contributed by atoms with Crippen LogP contribution in [0.2, 0.25) is 5.02 Å². The van der Waals surface area contributed by atoms with Crippen molar-refractivity contribution >= 4 is 22.6 Å². The molecule has 5 heteroatoms. The zero-order valence-electron chi connectivity index (χ0n) is 18.9. The highest BCUT2D eigenvalue weighted by Crippen LogP contribution is 2.43. The van der Waals surface area contributed by atoms with Crippen LogP contribution >= 0.6 is 11.6 Å². The maximum absolute atomic E-state index is 11.3. The molecule has 1 aromatic heterocycles. The number of phenols is 1. The molecule has 0 unspecified atom stereocenters. The Hall–Kier alpha value is -2.85. The Bertz CT molecular complexity index is 1280. The molecule has 3 aromatic carbocycles. The molecule has 0 radical (unpaired) electrons. The Balaban J connectivity index is 1.99. The number of fused-ring (bicyclic) bond motifs is 1. The summed E-state index contributed by atoms with van der Waals surface area (Å²) >= 11 is 6.13. The second-order valence-electron chi connectivity index (χ2n) is 10.1. The number of halogens is 1. The van der Waals surface area contributed by atoms with Crippen molar-refractivity contribution in [2.75, 3.05) is 0 Å². The van der Waals surface area contributed by atoms with Gasteiger partial charge in [-0.3, -0.25) is 0 Å². The summed E-state index contributed by atoms with van der Waals surface area (Å²) < 4.78 is 0. The second-order valence-corrected chi connectivity index (χ2v) is 10.5. The van der Waals surface area contributed by atoms with Gasteiger partial charge in [0.25, 0.3) is 0 Å². The maximum Gasteiger partial charge on any atom is 0.127 e. The Morgan fingerprint density at radius 2 is 1.45 bits per heavy atom. The number of rotatable bonds is 2. The zero-order valence-corrected chi connectivity index (χ0v) is 19.6. The highest BCUT2D eigenvalue weighted by Gasteiger charge is 2.26. The van der Waals surface area contributed by atoms with Gasteiger partial charge < -0.3 is 5.11 Å². The van der Waals surface area contributed by atoms with Gasteiger partial charge in [0.05, 0.1) is 5.69 Å². The van der Waals surface area contributed by atoms with E-state index < -0.39 is 0 Å². The van der Waals surface area contributed by atoms with Crippen LogP contribution in [0, 0.1) is 0 Å². The van der Waals surface area contributed by atoms with Crippen molar-refractivity contribution in [1.82, 2.24) is 15.0 Å². The molecule has 1 heterocycles. The number of hydrogen-bond acceptors (Lipinski definition) is 3. The van der Waals surface area contributed by atoms with E-state index >= 15 is 0 Å². The lowest BCUT2D eigenvalue weighted by atomic mass is 9.78. The molecule has 0 aliphatic rings. The molecule has 0 atom stereocenters.